The van der Waals surface area contributed by atoms with Crippen LogP contribution in [0.15, 0.2) is 30.3 Å². The molecule has 20 heavy (non-hydrogen) atoms. The zero-order chi connectivity index (χ0) is 14.6. The maximum Gasteiger partial charge on any atom is 0.143 e. The number of allylic oxidation sites excluding steroid dienone is 2. The van der Waals surface area contributed by atoms with E-state index in [0.29, 0.717) is 0 Å². The maximum atomic E-state index is 10.4. The second-order valence-electron chi connectivity index (χ2n) is 5.55. The summed E-state index contributed by atoms with van der Waals surface area (Å²) in [5.41, 5.74) is 3.57. The number of aryl methyl sites for hydroxylation is 1. The van der Waals surface area contributed by atoms with Gasteiger partial charge in [0.05, 0.1) is 0 Å². The first-order chi connectivity index (χ1) is 9.77. The van der Waals surface area contributed by atoms with E-state index in [9.17, 15) is 4.79 Å². The van der Waals surface area contributed by atoms with Gasteiger partial charge in [0.25, 0.3) is 0 Å². The molecule has 0 bridgehead atoms. The fourth-order valence-corrected chi connectivity index (χ4v) is 2.42. The zero-order valence-electron chi connectivity index (χ0n) is 13.0. The van der Waals surface area contributed by atoms with Gasteiger partial charge in [-0.05, 0) is 42.5 Å². The highest BCUT2D eigenvalue weighted by Crippen LogP contribution is 2.16. The molecule has 0 saturated carbocycles. The minimum Gasteiger partial charge on any atom is -0.299 e. The van der Waals surface area contributed by atoms with E-state index in [4.69, 9.17) is 0 Å². The Hall–Kier alpha value is -1.37. The van der Waals surface area contributed by atoms with Crippen LogP contribution >= 0.6 is 0 Å². The molecule has 0 spiro atoms. The molecule has 0 amide bonds. The minimum atomic E-state index is 0.849. The van der Waals surface area contributed by atoms with Crippen molar-refractivity contribution in [1.82, 2.24) is 0 Å². The lowest BCUT2D eigenvalue weighted by Crippen LogP contribution is -1.88. The van der Waals surface area contributed by atoms with Gasteiger partial charge in [-0.15, -0.1) is 0 Å². The molecule has 0 aliphatic heterocycles. The van der Waals surface area contributed by atoms with E-state index in [2.05, 4.69) is 31.2 Å². The van der Waals surface area contributed by atoms with Crippen LogP contribution in [-0.2, 0) is 11.2 Å². The van der Waals surface area contributed by atoms with Crippen molar-refractivity contribution in [2.45, 2.75) is 65.2 Å². The van der Waals surface area contributed by atoms with Gasteiger partial charge in [-0.2, -0.15) is 0 Å². The molecule has 0 saturated heterocycles. The largest absolute Gasteiger partial charge is 0.299 e. The third-order valence-electron chi connectivity index (χ3n) is 3.80. The van der Waals surface area contributed by atoms with Crippen molar-refractivity contribution in [2.75, 3.05) is 0 Å². The van der Waals surface area contributed by atoms with Gasteiger partial charge < -0.3 is 0 Å². The number of hydrogen-bond donors (Lipinski definition) is 0. The molecule has 1 nitrogen and oxygen atoms in total. The third kappa shape index (κ3) is 6.70. The minimum absolute atomic E-state index is 0.849. The Morgan fingerprint density at radius 1 is 0.950 bits per heavy atom. The van der Waals surface area contributed by atoms with Crippen molar-refractivity contribution < 1.29 is 4.79 Å². The number of hydrogen-bond acceptors (Lipinski definition) is 1. The Morgan fingerprint density at radius 3 is 2.15 bits per heavy atom. The Labute approximate surface area is 124 Å². The smallest absolute Gasteiger partial charge is 0.143 e. The first kappa shape index (κ1) is 16.7. The summed E-state index contributed by atoms with van der Waals surface area (Å²) in [6, 6.07) is 8.61. The lowest BCUT2D eigenvalue weighted by Gasteiger charge is -2.05. The molecule has 0 aromatic heterocycles. The molecule has 1 aromatic carbocycles. The number of carbonyl (C=O) groups excluding carboxylic acids is 1. The summed E-state index contributed by atoms with van der Waals surface area (Å²) in [5, 5.41) is 0. The van der Waals surface area contributed by atoms with Crippen molar-refractivity contribution in [3.8, 4) is 0 Å². The number of unbranched alkanes of at least 4 members (excludes halogenated alkanes) is 6. The molecule has 0 radical (unpaired) electrons. The molecule has 0 N–H and O–H groups in total. The fourth-order valence-electron chi connectivity index (χ4n) is 2.42. The molecule has 0 fully saturated rings. The van der Waals surface area contributed by atoms with Gasteiger partial charge in [-0.25, -0.2) is 0 Å². The molecule has 0 atom stereocenters. The number of aldehydes is 1. The van der Waals surface area contributed by atoms with Gasteiger partial charge >= 0.3 is 0 Å². The number of benzene rings is 1. The average molecular weight is 272 g/mol. The van der Waals surface area contributed by atoms with E-state index in [1.165, 1.54) is 56.9 Å². The topological polar surface area (TPSA) is 17.1 Å². The highest BCUT2D eigenvalue weighted by Gasteiger charge is 1.97. The zero-order valence-corrected chi connectivity index (χ0v) is 13.0. The van der Waals surface area contributed by atoms with Crippen molar-refractivity contribution in [3.63, 3.8) is 0 Å². The molecule has 0 aliphatic rings. The molecule has 1 rings (SSSR count). The van der Waals surface area contributed by atoms with E-state index in [1.807, 2.05) is 6.92 Å². The quantitative estimate of drug-likeness (QED) is 0.308. The molecule has 0 heterocycles. The van der Waals surface area contributed by atoms with Crippen LogP contribution in [0.1, 0.15) is 69.9 Å². The summed E-state index contributed by atoms with van der Waals surface area (Å²) in [5.74, 6) is 0. The fraction of sp³-hybridized carbons (Fsp3) is 0.526. The van der Waals surface area contributed by atoms with E-state index in [-0.39, 0.29) is 0 Å². The summed E-state index contributed by atoms with van der Waals surface area (Å²) in [4.78, 5) is 10.4. The summed E-state index contributed by atoms with van der Waals surface area (Å²) in [6.45, 7) is 4.23. The van der Waals surface area contributed by atoms with Crippen molar-refractivity contribution >= 4 is 11.9 Å². The van der Waals surface area contributed by atoms with Gasteiger partial charge in [-0.3, -0.25) is 4.79 Å². The Morgan fingerprint density at radius 2 is 1.55 bits per heavy atom. The summed E-state index contributed by atoms with van der Waals surface area (Å²) in [7, 11) is 0. The first-order valence-corrected chi connectivity index (χ1v) is 7.99. The van der Waals surface area contributed by atoms with Crippen LogP contribution in [0.25, 0.3) is 5.57 Å². The Balaban J connectivity index is 2.25. The van der Waals surface area contributed by atoms with Gasteiger partial charge in [0.15, 0.2) is 0 Å². The van der Waals surface area contributed by atoms with Crippen LogP contribution < -0.4 is 0 Å². The second kappa shape index (κ2) is 10.4. The summed E-state index contributed by atoms with van der Waals surface area (Å²) < 4.78 is 0. The normalized spacial score (nSPS) is 11.6. The molecule has 110 valence electrons. The second-order valence-corrected chi connectivity index (χ2v) is 5.55. The van der Waals surface area contributed by atoms with Crippen LogP contribution in [0.3, 0.4) is 0 Å². The van der Waals surface area contributed by atoms with Crippen LogP contribution in [0.5, 0.6) is 0 Å². The molecule has 0 unspecified atom stereocenters. The highest BCUT2D eigenvalue weighted by atomic mass is 16.1. The van der Waals surface area contributed by atoms with Gasteiger partial charge in [0.2, 0.25) is 0 Å². The number of rotatable bonds is 10. The lowest BCUT2D eigenvalue weighted by atomic mass is 10.0. The van der Waals surface area contributed by atoms with E-state index in [1.54, 1.807) is 6.08 Å². The predicted molar refractivity (Wildman–Crippen MR) is 87.9 cm³/mol. The third-order valence-corrected chi connectivity index (χ3v) is 3.80. The monoisotopic (exact) mass is 272 g/mol. The van der Waals surface area contributed by atoms with Crippen LogP contribution in [0, 0.1) is 0 Å². The van der Waals surface area contributed by atoms with Gasteiger partial charge in [-0.1, -0.05) is 69.7 Å². The highest BCUT2D eigenvalue weighted by molar-refractivity contribution is 5.80. The standard InChI is InChI=1S/C19H28O/c1-3-4-5-6-7-8-9-10-18-11-13-19(14-12-18)17(2)15-16-20/h11-16H,3-10H2,1-2H3. The Kier molecular flexibility index (Phi) is 8.69. The lowest BCUT2D eigenvalue weighted by molar-refractivity contribution is -0.104. The molecular weight excluding hydrogens is 244 g/mol. The molecule has 0 aliphatic carbocycles. The van der Waals surface area contributed by atoms with E-state index < -0.39 is 0 Å². The van der Waals surface area contributed by atoms with Crippen molar-refractivity contribution in [1.29, 1.82) is 0 Å². The van der Waals surface area contributed by atoms with E-state index in [0.717, 1.165) is 17.4 Å². The molecule has 1 heteroatoms. The van der Waals surface area contributed by atoms with Crippen LogP contribution in [0.2, 0.25) is 0 Å². The Bertz CT molecular complexity index is 400. The SMILES string of the molecule is CCCCCCCCCc1ccc(C(C)=CC=O)cc1. The summed E-state index contributed by atoms with van der Waals surface area (Å²) in [6.07, 6.45) is 13.1. The summed E-state index contributed by atoms with van der Waals surface area (Å²) >= 11 is 0. The van der Waals surface area contributed by atoms with Crippen LogP contribution in [-0.4, -0.2) is 6.29 Å². The number of carbonyl (C=O) groups is 1. The van der Waals surface area contributed by atoms with Crippen molar-refractivity contribution in [3.05, 3.63) is 41.5 Å². The first-order valence-electron chi connectivity index (χ1n) is 7.99. The molecule has 1 aromatic rings. The van der Waals surface area contributed by atoms with Gasteiger partial charge in [0.1, 0.15) is 6.29 Å². The van der Waals surface area contributed by atoms with Crippen LogP contribution in [0.4, 0.5) is 0 Å². The van der Waals surface area contributed by atoms with Crippen molar-refractivity contribution in [2.24, 2.45) is 0 Å². The average Bonchev–Trinajstić information content (AvgIpc) is 2.47. The maximum absolute atomic E-state index is 10.4. The van der Waals surface area contributed by atoms with Gasteiger partial charge in [0, 0.05) is 0 Å². The van der Waals surface area contributed by atoms with E-state index >= 15 is 0 Å². The predicted octanol–water partition coefficient (Wildman–Crippen LogP) is 5.58. The molecular formula is C19H28O.